The van der Waals surface area contributed by atoms with Crippen LogP contribution < -0.4 is 5.32 Å². The Kier molecular flexibility index (Phi) is 4.60. The topological polar surface area (TPSA) is 45.1 Å². The van der Waals surface area contributed by atoms with Crippen LogP contribution in [0.25, 0.3) is 0 Å². The maximum Gasteiger partial charge on any atom is 0.416 e. The van der Waals surface area contributed by atoms with Gasteiger partial charge in [-0.15, -0.1) is 0 Å². The normalized spacial score (nSPS) is 27.3. The zero-order chi connectivity index (χ0) is 18.2. The van der Waals surface area contributed by atoms with E-state index in [4.69, 9.17) is 0 Å². The number of aromatic nitrogens is 1. The molecule has 3 atom stereocenters. The molecule has 0 amide bonds. The van der Waals surface area contributed by atoms with Crippen molar-refractivity contribution in [2.75, 3.05) is 0 Å². The van der Waals surface area contributed by atoms with Gasteiger partial charge in [0, 0.05) is 24.0 Å². The summed E-state index contributed by atoms with van der Waals surface area (Å²) < 4.78 is 38.3. The standard InChI is InChI=1S/C19H21F3N2O/c1-12-9-14(7-8-23-12)17-11-18(25,10-13(2)24-17)15-3-5-16(6-4-15)19(20,21)22/h3-9,13,17,24-25H,10-11H2,1-2H3/t13-,17-,18?/m0/s1. The number of aliphatic hydroxyl groups is 1. The molecule has 0 radical (unpaired) electrons. The molecule has 25 heavy (non-hydrogen) atoms. The van der Waals surface area contributed by atoms with E-state index in [1.165, 1.54) is 12.1 Å². The highest BCUT2D eigenvalue weighted by Gasteiger charge is 2.40. The van der Waals surface area contributed by atoms with Gasteiger partial charge >= 0.3 is 6.18 Å². The van der Waals surface area contributed by atoms with Crippen molar-refractivity contribution in [2.24, 2.45) is 0 Å². The second-order valence-electron chi connectivity index (χ2n) is 6.87. The second kappa shape index (κ2) is 6.42. The monoisotopic (exact) mass is 350 g/mol. The number of hydrogen-bond acceptors (Lipinski definition) is 3. The number of nitrogens with one attached hydrogen (secondary N) is 1. The van der Waals surface area contributed by atoms with E-state index in [0.29, 0.717) is 18.4 Å². The molecule has 0 aliphatic carbocycles. The summed E-state index contributed by atoms with van der Waals surface area (Å²) in [4.78, 5) is 4.18. The zero-order valence-electron chi connectivity index (χ0n) is 14.1. The van der Waals surface area contributed by atoms with Crippen LogP contribution in [0, 0.1) is 6.92 Å². The first kappa shape index (κ1) is 17.9. The van der Waals surface area contributed by atoms with E-state index in [2.05, 4.69) is 10.3 Å². The van der Waals surface area contributed by atoms with Gasteiger partial charge in [0.25, 0.3) is 0 Å². The van der Waals surface area contributed by atoms with E-state index >= 15 is 0 Å². The largest absolute Gasteiger partial charge is 0.416 e. The van der Waals surface area contributed by atoms with Gasteiger partial charge in [0.05, 0.1) is 11.2 Å². The molecule has 1 aliphatic rings. The number of alkyl halides is 3. The zero-order valence-corrected chi connectivity index (χ0v) is 14.1. The number of piperidine rings is 1. The summed E-state index contributed by atoms with van der Waals surface area (Å²) in [7, 11) is 0. The van der Waals surface area contributed by atoms with E-state index in [-0.39, 0.29) is 12.1 Å². The van der Waals surface area contributed by atoms with Crippen molar-refractivity contribution in [2.45, 2.75) is 50.6 Å². The van der Waals surface area contributed by atoms with Gasteiger partial charge in [-0.25, -0.2) is 0 Å². The van der Waals surface area contributed by atoms with Gasteiger partial charge in [-0.2, -0.15) is 13.2 Å². The number of aryl methyl sites for hydroxylation is 1. The fourth-order valence-corrected chi connectivity index (χ4v) is 3.59. The third-order valence-electron chi connectivity index (χ3n) is 4.74. The highest BCUT2D eigenvalue weighted by atomic mass is 19.4. The van der Waals surface area contributed by atoms with Crippen molar-refractivity contribution in [3.63, 3.8) is 0 Å². The van der Waals surface area contributed by atoms with Crippen LogP contribution in [0.5, 0.6) is 0 Å². The number of hydrogen-bond donors (Lipinski definition) is 2. The number of pyridine rings is 1. The van der Waals surface area contributed by atoms with Crippen molar-refractivity contribution in [1.29, 1.82) is 0 Å². The van der Waals surface area contributed by atoms with Crippen molar-refractivity contribution in [3.8, 4) is 0 Å². The minimum atomic E-state index is -4.38. The van der Waals surface area contributed by atoms with Crippen LogP contribution in [0.15, 0.2) is 42.6 Å². The molecule has 1 aromatic heterocycles. The van der Waals surface area contributed by atoms with Gasteiger partial charge < -0.3 is 10.4 Å². The van der Waals surface area contributed by atoms with E-state index in [1.807, 2.05) is 26.0 Å². The first-order valence-corrected chi connectivity index (χ1v) is 8.26. The summed E-state index contributed by atoms with van der Waals surface area (Å²) >= 11 is 0. The Morgan fingerprint density at radius 1 is 1.16 bits per heavy atom. The molecule has 1 fully saturated rings. The molecular weight excluding hydrogens is 329 g/mol. The van der Waals surface area contributed by atoms with Gasteiger partial charge in [-0.1, -0.05) is 12.1 Å². The average Bonchev–Trinajstić information content (AvgIpc) is 2.53. The number of nitrogens with zero attached hydrogens (tertiary/aromatic N) is 1. The highest BCUT2D eigenvalue weighted by Crippen LogP contribution is 2.41. The predicted octanol–water partition coefficient (Wildman–Crippen LogP) is 4.11. The highest BCUT2D eigenvalue weighted by molar-refractivity contribution is 5.31. The van der Waals surface area contributed by atoms with Crippen molar-refractivity contribution < 1.29 is 18.3 Å². The first-order valence-electron chi connectivity index (χ1n) is 8.26. The van der Waals surface area contributed by atoms with Crippen LogP contribution in [0.4, 0.5) is 13.2 Å². The molecule has 0 spiro atoms. The third kappa shape index (κ3) is 3.85. The average molecular weight is 350 g/mol. The number of rotatable bonds is 2. The van der Waals surface area contributed by atoms with Gasteiger partial charge in [0.1, 0.15) is 0 Å². The molecule has 1 aromatic carbocycles. The van der Waals surface area contributed by atoms with Crippen LogP contribution in [0.3, 0.4) is 0 Å². The SMILES string of the molecule is Cc1cc([C@@H]2CC(O)(c3ccc(C(F)(F)F)cc3)C[C@H](C)N2)ccn1. The lowest BCUT2D eigenvalue weighted by Gasteiger charge is -2.41. The van der Waals surface area contributed by atoms with Gasteiger partial charge in [-0.3, -0.25) is 4.98 Å². The summed E-state index contributed by atoms with van der Waals surface area (Å²) in [5, 5.41) is 14.6. The number of benzene rings is 1. The Labute approximate surface area is 144 Å². The Morgan fingerprint density at radius 3 is 2.44 bits per heavy atom. The second-order valence-corrected chi connectivity index (χ2v) is 6.87. The van der Waals surface area contributed by atoms with E-state index in [9.17, 15) is 18.3 Å². The molecule has 1 aliphatic heterocycles. The molecule has 0 saturated carbocycles. The fraction of sp³-hybridized carbons (Fsp3) is 0.421. The minimum Gasteiger partial charge on any atom is -0.385 e. The summed E-state index contributed by atoms with van der Waals surface area (Å²) in [5.41, 5.74) is 0.546. The predicted molar refractivity (Wildman–Crippen MR) is 88.9 cm³/mol. The Bertz CT molecular complexity index is 745. The van der Waals surface area contributed by atoms with Crippen LogP contribution in [0.1, 0.15) is 48.2 Å². The summed E-state index contributed by atoms with van der Waals surface area (Å²) in [5.74, 6) is 0. The lowest BCUT2D eigenvalue weighted by Crippen LogP contribution is -2.46. The molecule has 1 saturated heterocycles. The lowest BCUT2D eigenvalue weighted by molar-refractivity contribution is -0.137. The van der Waals surface area contributed by atoms with Crippen LogP contribution in [-0.4, -0.2) is 16.1 Å². The van der Waals surface area contributed by atoms with Crippen molar-refractivity contribution in [3.05, 3.63) is 65.0 Å². The summed E-state index contributed by atoms with van der Waals surface area (Å²) in [6, 6.07) is 8.64. The fourth-order valence-electron chi connectivity index (χ4n) is 3.59. The smallest absolute Gasteiger partial charge is 0.385 e. The van der Waals surface area contributed by atoms with Gasteiger partial charge in [-0.05, 0) is 62.1 Å². The minimum absolute atomic E-state index is 0.0273. The molecule has 3 rings (SSSR count). The number of halogens is 3. The third-order valence-corrected chi connectivity index (χ3v) is 4.74. The van der Waals surface area contributed by atoms with Crippen LogP contribution in [0.2, 0.25) is 0 Å². The molecule has 2 aromatic rings. The Morgan fingerprint density at radius 2 is 1.84 bits per heavy atom. The Balaban J connectivity index is 1.89. The van der Waals surface area contributed by atoms with Crippen LogP contribution in [-0.2, 0) is 11.8 Å². The van der Waals surface area contributed by atoms with Gasteiger partial charge in [0.2, 0.25) is 0 Å². The maximum absolute atomic E-state index is 12.8. The summed E-state index contributed by atoms with van der Waals surface area (Å²) in [6.45, 7) is 3.87. The first-order chi connectivity index (χ1) is 11.7. The van der Waals surface area contributed by atoms with E-state index < -0.39 is 17.3 Å². The lowest BCUT2D eigenvalue weighted by atomic mass is 9.77. The Hall–Kier alpha value is -1.92. The molecule has 1 unspecified atom stereocenters. The van der Waals surface area contributed by atoms with Gasteiger partial charge in [0.15, 0.2) is 0 Å². The van der Waals surface area contributed by atoms with E-state index in [0.717, 1.165) is 23.4 Å². The van der Waals surface area contributed by atoms with E-state index in [1.54, 1.807) is 6.20 Å². The molecule has 0 bridgehead atoms. The van der Waals surface area contributed by atoms with Crippen molar-refractivity contribution >= 4 is 0 Å². The maximum atomic E-state index is 12.8. The van der Waals surface area contributed by atoms with Crippen LogP contribution >= 0.6 is 0 Å². The molecule has 2 heterocycles. The molecule has 3 nitrogen and oxygen atoms in total. The molecule has 2 N–H and O–H groups in total. The quantitative estimate of drug-likeness (QED) is 0.857. The molecular formula is C19H21F3N2O. The molecule has 6 heteroatoms. The summed E-state index contributed by atoms with van der Waals surface area (Å²) in [6.07, 6.45) is -1.81. The molecule has 134 valence electrons. The van der Waals surface area contributed by atoms with Crippen molar-refractivity contribution in [1.82, 2.24) is 10.3 Å².